The fourth-order valence-electron chi connectivity index (χ4n) is 2.61. The first-order chi connectivity index (χ1) is 13.5. The van der Waals surface area contributed by atoms with Crippen molar-refractivity contribution < 1.29 is 5.11 Å². The molecule has 140 valence electrons. The lowest BCUT2D eigenvalue weighted by Crippen LogP contribution is -2.19. The predicted molar refractivity (Wildman–Crippen MR) is 113 cm³/mol. The van der Waals surface area contributed by atoms with E-state index in [2.05, 4.69) is 14.7 Å². The summed E-state index contributed by atoms with van der Waals surface area (Å²) in [5, 5.41) is 10.3. The van der Waals surface area contributed by atoms with E-state index in [-0.39, 0.29) is 26.7 Å². The smallest absolute Gasteiger partial charge is 0.267 e. The normalized spacial score (nSPS) is 10.9. The maximum absolute atomic E-state index is 12.9. The second-order valence-electron chi connectivity index (χ2n) is 5.75. The molecule has 6 nitrogen and oxygen atoms in total. The van der Waals surface area contributed by atoms with Crippen molar-refractivity contribution in [1.82, 2.24) is 14.5 Å². The number of halogens is 2. The van der Waals surface area contributed by atoms with Gasteiger partial charge >= 0.3 is 0 Å². The van der Waals surface area contributed by atoms with E-state index in [9.17, 15) is 9.90 Å². The van der Waals surface area contributed by atoms with Crippen LogP contribution in [0, 0.1) is 0 Å². The molecule has 4 rings (SSSR count). The Labute approximate surface area is 173 Å². The Bertz CT molecular complexity index is 1210. The van der Waals surface area contributed by atoms with Crippen LogP contribution in [0.2, 0.25) is 10.0 Å². The highest BCUT2D eigenvalue weighted by Gasteiger charge is 2.15. The molecule has 0 aliphatic carbocycles. The topological polar surface area (TPSA) is 80.0 Å². The molecule has 4 aromatic rings. The van der Waals surface area contributed by atoms with Gasteiger partial charge in [0.2, 0.25) is 0 Å². The molecule has 0 unspecified atom stereocenters. The van der Waals surface area contributed by atoms with Crippen molar-refractivity contribution in [2.45, 2.75) is 4.90 Å². The van der Waals surface area contributed by atoms with Gasteiger partial charge in [0.1, 0.15) is 17.7 Å². The van der Waals surface area contributed by atoms with Gasteiger partial charge in [-0.25, -0.2) is 9.97 Å². The molecule has 0 aliphatic rings. The minimum Gasteiger partial charge on any atom is -0.504 e. The minimum atomic E-state index is -0.394. The average molecular weight is 431 g/mol. The van der Waals surface area contributed by atoms with Gasteiger partial charge in [-0.2, -0.15) is 0 Å². The molecule has 0 amide bonds. The van der Waals surface area contributed by atoms with Crippen LogP contribution in [-0.4, -0.2) is 19.6 Å². The summed E-state index contributed by atoms with van der Waals surface area (Å²) in [5.74, 6) is 0.484. The number of phenols is 1. The van der Waals surface area contributed by atoms with E-state index < -0.39 is 5.56 Å². The number of aromatic hydroxyl groups is 1. The van der Waals surface area contributed by atoms with Crippen molar-refractivity contribution in [2.24, 2.45) is 0 Å². The van der Waals surface area contributed by atoms with Gasteiger partial charge in [-0.05, 0) is 54.4 Å². The number of nitrogens with one attached hydrogen (secondary N) is 1. The van der Waals surface area contributed by atoms with Crippen LogP contribution in [-0.2, 0) is 0 Å². The molecular weight excluding hydrogens is 419 g/mol. The van der Waals surface area contributed by atoms with E-state index in [1.165, 1.54) is 28.9 Å². The highest BCUT2D eigenvalue weighted by atomic mass is 35.5. The molecule has 0 bridgehead atoms. The number of pyridine rings is 1. The van der Waals surface area contributed by atoms with Crippen LogP contribution in [0.5, 0.6) is 5.75 Å². The summed E-state index contributed by atoms with van der Waals surface area (Å²) in [7, 11) is 0. The molecule has 28 heavy (non-hydrogen) atoms. The number of rotatable bonds is 4. The summed E-state index contributed by atoms with van der Waals surface area (Å²) < 4.78 is 4.50. The molecule has 0 atom stereocenters. The lowest BCUT2D eigenvalue weighted by Gasteiger charge is -2.10. The van der Waals surface area contributed by atoms with Crippen molar-refractivity contribution in [3.05, 3.63) is 81.5 Å². The Balaban J connectivity index is 1.65. The van der Waals surface area contributed by atoms with Gasteiger partial charge in [0, 0.05) is 11.1 Å². The van der Waals surface area contributed by atoms with E-state index in [1.807, 2.05) is 30.3 Å². The molecule has 2 N–H and O–H groups in total. The lowest BCUT2D eigenvalue weighted by atomic mass is 10.2. The second kappa shape index (κ2) is 7.71. The van der Waals surface area contributed by atoms with Crippen molar-refractivity contribution >= 4 is 51.9 Å². The molecule has 0 saturated heterocycles. The van der Waals surface area contributed by atoms with Gasteiger partial charge in [0.25, 0.3) is 5.56 Å². The van der Waals surface area contributed by atoms with Gasteiger partial charge in [-0.1, -0.05) is 29.3 Å². The lowest BCUT2D eigenvalue weighted by molar-refractivity contribution is 0.480. The highest BCUT2D eigenvalue weighted by Crippen LogP contribution is 2.34. The Morgan fingerprint density at radius 2 is 1.82 bits per heavy atom. The number of anilines is 1. The highest BCUT2D eigenvalue weighted by molar-refractivity contribution is 8.00. The number of aromatic nitrogens is 3. The van der Waals surface area contributed by atoms with Crippen LogP contribution in [0.25, 0.3) is 16.6 Å². The third kappa shape index (κ3) is 3.52. The van der Waals surface area contributed by atoms with Crippen molar-refractivity contribution in [2.75, 3.05) is 4.72 Å². The van der Waals surface area contributed by atoms with Crippen LogP contribution in [0.4, 0.5) is 5.82 Å². The van der Waals surface area contributed by atoms with Gasteiger partial charge in [0.05, 0.1) is 21.1 Å². The van der Waals surface area contributed by atoms with Crippen LogP contribution in [0.15, 0.2) is 70.7 Å². The Hall–Kier alpha value is -2.74. The zero-order chi connectivity index (χ0) is 19.7. The third-order valence-electron chi connectivity index (χ3n) is 3.97. The molecule has 0 aliphatic heterocycles. The van der Waals surface area contributed by atoms with E-state index in [1.54, 1.807) is 18.3 Å². The fourth-order valence-corrected chi connectivity index (χ4v) is 3.76. The van der Waals surface area contributed by atoms with E-state index in [4.69, 9.17) is 23.2 Å². The first kappa shape index (κ1) is 18.6. The first-order valence-corrected chi connectivity index (χ1v) is 9.64. The fraction of sp³-hybridized carbons (Fsp3) is 0. The number of phenolic OH excluding ortho intramolecular Hbond substituents is 1. The largest absolute Gasteiger partial charge is 0.504 e. The number of hydrogen-bond acceptors (Lipinski definition) is 6. The Morgan fingerprint density at radius 3 is 2.54 bits per heavy atom. The minimum absolute atomic E-state index is 0.0453. The standard InChI is InChI=1S/C19H12Cl2N4O2S/c20-13-9-14(21)18(26)17-16(13)19(27)25(10-23-17)11-4-6-12(7-5-11)28-24-15-3-1-2-8-22-15/h1-10,26H,(H,22,24). The number of fused-ring (bicyclic) bond motifs is 1. The third-order valence-corrected chi connectivity index (χ3v) is 5.37. The summed E-state index contributed by atoms with van der Waals surface area (Å²) in [5.41, 5.74) is 0.298. The average Bonchev–Trinajstić information content (AvgIpc) is 2.71. The van der Waals surface area contributed by atoms with Crippen LogP contribution in [0.3, 0.4) is 0 Å². The number of benzene rings is 2. The Morgan fingerprint density at radius 1 is 1.04 bits per heavy atom. The van der Waals surface area contributed by atoms with Gasteiger partial charge < -0.3 is 9.83 Å². The van der Waals surface area contributed by atoms with E-state index >= 15 is 0 Å². The van der Waals surface area contributed by atoms with Crippen molar-refractivity contribution in [3.8, 4) is 11.4 Å². The van der Waals surface area contributed by atoms with Gasteiger partial charge in [-0.15, -0.1) is 0 Å². The maximum Gasteiger partial charge on any atom is 0.267 e. The van der Waals surface area contributed by atoms with Crippen LogP contribution >= 0.6 is 35.1 Å². The SMILES string of the molecule is O=c1c2c(Cl)cc(Cl)c(O)c2ncn1-c1ccc(SNc2ccccn2)cc1. The van der Waals surface area contributed by atoms with Crippen molar-refractivity contribution in [3.63, 3.8) is 0 Å². The summed E-state index contributed by atoms with van der Waals surface area (Å²) in [4.78, 5) is 22.2. The predicted octanol–water partition coefficient (Wildman–Crippen LogP) is 4.91. The van der Waals surface area contributed by atoms with E-state index in [0.29, 0.717) is 5.69 Å². The van der Waals surface area contributed by atoms with Crippen LogP contribution in [0.1, 0.15) is 0 Å². The summed E-state index contributed by atoms with van der Waals surface area (Å²) in [6, 6.07) is 14.3. The summed E-state index contributed by atoms with van der Waals surface area (Å²) in [6.07, 6.45) is 3.05. The molecule has 2 aromatic heterocycles. The number of hydrogen-bond donors (Lipinski definition) is 2. The summed E-state index contributed by atoms with van der Waals surface area (Å²) in [6.45, 7) is 0. The van der Waals surface area contributed by atoms with Gasteiger partial charge in [0.15, 0.2) is 5.75 Å². The first-order valence-electron chi connectivity index (χ1n) is 8.07. The molecule has 0 spiro atoms. The monoisotopic (exact) mass is 430 g/mol. The molecule has 0 radical (unpaired) electrons. The molecule has 0 saturated carbocycles. The molecule has 2 heterocycles. The van der Waals surface area contributed by atoms with E-state index in [0.717, 1.165) is 10.7 Å². The Kier molecular flexibility index (Phi) is 5.13. The summed E-state index contributed by atoms with van der Waals surface area (Å²) >= 11 is 13.5. The molecule has 2 aromatic carbocycles. The number of nitrogens with zero attached hydrogens (tertiary/aromatic N) is 3. The zero-order valence-corrected chi connectivity index (χ0v) is 16.5. The van der Waals surface area contributed by atoms with Crippen LogP contribution < -0.4 is 10.3 Å². The van der Waals surface area contributed by atoms with Crippen molar-refractivity contribution in [1.29, 1.82) is 0 Å². The maximum atomic E-state index is 12.9. The molecular formula is C19H12Cl2N4O2S. The second-order valence-corrected chi connectivity index (χ2v) is 7.44. The van der Waals surface area contributed by atoms with Gasteiger partial charge in [-0.3, -0.25) is 9.36 Å². The molecule has 9 heteroatoms. The zero-order valence-electron chi connectivity index (χ0n) is 14.1. The quantitative estimate of drug-likeness (QED) is 0.447. The molecule has 0 fully saturated rings.